The maximum absolute atomic E-state index is 9.79. The highest BCUT2D eigenvalue weighted by Gasteiger charge is 2.11. The molecule has 2 unspecified atom stereocenters. The number of methoxy groups -OCH3 is 2. The van der Waals surface area contributed by atoms with Gasteiger partial charge in [-0.3, -0.25) is 0 Å². The molecular formula is C13H21NO3. The van der Waals surface area contributed by atoms with Gasteiger partial charge in [0.1, 0.15) is 6.10 Å². The fourth-order valence-electron chi connectivity index (χ4n) is 1.70. The standard InChI is InChI=1S/C13H21NO3/c1-14-8-12(15)10-4-6-11(7-5-10)13(17-3)9-16-2/h4-7,12-15H,8-9H2,1-3H3. The molecule has 1 aromatic rings. The molecule has 1 rings (SSSR count). The van der Waals surface area contributed by atoms with Gasteiger partial charge in [-0.25, -0.2) is 0 Å². The molecule has 0 bridgehead atoms. The van der Waals surface area contributed by atoms with Crippen LogP contribution in [0.25, 0.3) is 0 Å². The molecule has 0 fully saturated rings. The number of likely N-dealkylation sites (N-methyl/N-ethyl adjacent to an activating group) is 1. The third-order valence-corrected chi connectivity index (χ3v) is 2.69. The Morgan fingerprint density at radius 2 is 1.76 bits per heavy atom. The second-order valence-corrected chi connectivity index (χ2v) is 3.92. The Kier molecular flexibility index (Phi) is 6.15. The zero-order chi connectivity index (χ0) is 12.7. The van der Waals surface area contributed by atoms with E-state index in [1.54, 1.807) is 14.2 Å². The second kappa shape index (κ2) is 7.40. The highest BCUT2D eigenvalue weighted by Crippen LogP contribution is 2.20. The van der Waals surface area contributed by atoms with Gasteiger partial charge in [0.25, 0.3) is 0 Å². The highest BCUT2D eigenvalue weighted by atomic mass is 16.5. The number of benzene rings is 1. The van der Waals surface area contributed by atoms with E-state index < -0.39 is 6.10 Å². The summed E-state index contributed by atoms with van der Waals surface area (Å²) in [6.45, 7) is 1.07. The van der Waals surface area contributed by atoms with Gasteiger partial charge >= 0.3 is 0 Å². The molecule has 0 aromatic heterocycles. The van der Waals surface area contributed by atoms with E-state index in [2.05, 4.69) is 5.32 Å². The van der Waals surface area contributed by atoms with Crippen LogP contribution in [0.3, 0.4) is 0 Å². The van der Waals surface area contributed by atoms with Crippen LogP contribution < -0.4 is 5.32 Å². The van der Waals surface area contributed by atoms with Crippen molar-refractivity contribution in [2.24, 2.45) is 0 Å². The topological polar surface area (TPSA) is 50.7 Å². The molecule has 2 atom stereocenters. The zero-order valence-corrected chi connectivity index (χ0v) is 10.6. The van der Waals surface area contributed by atoms with E-state index in [-0.39, 0.29) is 6.10 Å². The molecule has 0 aliphatic carbocycles. The Morgan fingerprint density at radius 1 is 1.18 bits per heavy atom. The first-order valence-electron chi connectivity index (χ1n) is 5.67. The lowest BCUT2D eigenvalue weighted by Gasteiger charge is -2.16. The van der Waals surface area contributed by atoms with Gasteiger partial charge in [0.15, 0.2) is 0 Å². The fourth-order valence-corrected chi connectivity index (χ4v) is 1.70. The first kappa shape index (κ1) is 14.1. The summed E-state index contributed by atoms with van der Waals surface area (Å²) in [7, 11) is 5.13. The van der Waals surface area contributed by atoms with Crippen molar-refractivity contribution in [1.82, 2.24) is 5.32 Å². The molecule has 0 spiro atoms. The van der Waals surface area contributed by atoms with Gasteiger partial charge in [-0.2, -0.15) is 0 Å². The fraction of sp³-hybridized carbons (Fsp3) is 0.538. The molecule has 4 nitrogen and oxygen atoms in total. The Morgan fingerprint density at radius 3 is 2.24 bits per heavy atom. The van der Waals surface area contributed by atoms with Gasteiger partial charge < -0.3 is 19.9 Å². The summed E-state index contributed by atoms with van der Waals surface area (Å²) in [5, 5.41) is 12.7. The smallest absolute Gasteiger partial charge is 0.105 e. The van der Waals surface area contributed by atoms with Crippen LogP contribution >= 0.6 is 0 Å². The Bertz CT molecular complexity index is 313. The van der Waals surface area contributed by atoms with Crippen molar-refractivity contribution in [3.05, 3.63) is 35.4 Å². The second-order valence-electron chi connectivity index (χ2n) is 3.92. The van der Waals surface area contributed by atoms with Crippen molar-refractivity contribution < 1.29 is 14.6 Å². The van der Waals surface area contributed by atoms with Crippen molar-refractivity contribution in [1.29, 1.82) is 0 Å². The van der Waals surface area contributed by atoms with Gasteiger partial charge in [0.05, 0.1) is 12.7 Å². The highest BCUT2D eigenvalue weighted by molar-refractivity contribution is 5.26. The Balaban J connectivity index is 2.72. The summed E-state index contributed by atoms with van der Waals surface area (Å²) in [5.41, 5.74) is 1.95. The number of aliphatic hydroxyl groups excluding tert-OH is 1. The van der Waals surface area contributed by atoms with Crippen molar-refractivity contribution >= 4 is 0 Å². The van der Waals surface area contributed by atoms with E-state index in [0.717, 1.165) is 11.1 Å². The number of rotatable bonds is 7. The van der Waals surface area contributed by atoms with E-state index in [0.29, 0.717) is 13.2 Å². The average Bonchev–Trinajstić information content (AvgIpc) is 2.36. The van der Waals surface area contributed by atoms with E-state index in [1.165, 1.54) is 0 Å². The number of nitrogens with one attached hydrogen (secondary N) is 1. The number of ether oxygens (including phenoxy) is 2. The predicted molar refractivity (Wildman–Crippen MR) is 67.0 cm³/mol. The number of aliphatic hydroxyl groups is 1. The molecule has 0 saturated heterocycles. The third-order valence-electron chi connectivity index (χ3n) is 2.69. The van der Waals surface area contributed by atoms with Gasteiger partial charge in [0, 0.05) is 20.8 Å². The van der Waals surface area contributed by atoms with Crippen LogP contribution in [-0.2, 0) is 9.47 Å². The Labute approximate surface area is 103 Å². The van der Waals surface area contributed by atoms with Crippen LogP contribution in [0.2, 0.25) is 0 Å². The quantitative estimate of drug-likeness (QED) is 0.752. The van der Waals surface area contributed by atoms with Gasteiger partial charge in [-0.05, 0) is 18.2 Å². The van der Waals surface area contributed by atoms with Crippen molar-refractivity contribution in [2.45, 2.75) is 12.2 Å². The van der Waals surface area contributed by atoms with Crippen molar-refractivity contribution in [2.75, 3.05) is 34.4 Å². The zero-order valence-electron chi connectivity index (χ0n) is 10.6. The molecule has 0 heterocycles. The predicted octanol–water partition coefficient (Wildman–Crippen LogP) is 1.27. The Hall–Kier alpha value is -0.940. The molecule has 0 radical (unpaired) electrons. The van der Waals surface area contributed by atoms with E-state index in [4.69, 9.17) is 9.47 Å². The molecule has 0 aliphatic heterocycles. The molecule has 0 saturated carbocycles. The van der Waals surface area contributed by atoms with Gasteiger partial charge in [0.2, 0.25) is 0 Å². The molecule has 96 valence electrons. The van der Waals surface area contributed by atoms with Crippen LogP contribution in [-0.4, -0.2) is 39.5 Å². The number of hydrogen-bond donors (Lipinski definition) is 2. The van der Waals surface area contributed by atoms with Crippen LogP contribution in [0.1, 0.15) is 23.3 Å². The maximum atomic E-state index is 9.79. The van der Waals surface area contributed by atoms with Crippen LogP contribution in [0.4, 0.5) is 0 Å². The molecule has 1 aromatic carbocycles. The lowest BCUT2D eigenvalue weighted by molar-refractivity contribution is 0.0274. The monoisotopic (exact) mass is 239 g/mol. The molecule has 4 heteroatoms. The minimum Gasteiger partial charge on any atom is -0.387 e. The van der Waals surface area contributed by atoms with Crippen LogP contribution in [0, 0.1) is 0 Å². The lowest BCUT2D eigenvalue weighted by atomic mass is 10.0. The average molecular weight is 239 g/mol. The lowest BCUT2D eigenvalue weighted by Crippen LogP contribution is -2.16. The van der Waals surface area contributed by atoms with Crippen LogP contribution in [0.5, 0.6) is 0 Å². The van der Waals surface area contributed by atoms with Gasteiger partial charge in [-0.15, -0.1) is 0 Å². The SMILES string of the molecule is CNCC(O)c1ccc(C(COC)OC)cc1. The molecular weight excluding hydrogens is 218 g/mol. The first-order chi connectivity index (χ1) is 8.22. The summed E-state index contributed by atoms with van der Waals surface area (Å²) >= 11 is 0. The number of hydrogen-bond acceptors (Lipinski definition) is 4. The minimum atomic E-state index is -0.475. The summed E-state index contributed by atoms with van der Waals surface area (Å²) in [6.07, 6.45) is -0.534. The molecule has 0 amide bonds. The summed E-state index contributed by atoms with van der Waals surface area (Å²) < 4.78 is 10.4. The molecule has 2 N–H and O–H groups in total. The first-order valence-corrected chi connectivity index (χ1v) is 5.67. The van der Waals surface area contributed by atoms with Crippen molar-refractivity contribution in [3.8, 4) is 0 Å². The summed E-state index contributed by atoms with van der Waals surface area (Å²) in [4.78, 5) is 0. The van der Waals surface area contributed by atoms with E-state index in [1.807, 2.05) is 31.3 Å². The van der Waals surface area contributed by atoms with Crippen LogP contribution in [0.15, 0.2) is 24.3 Å². The maximum Gasteiger partial charge on any atom is 0.105 e. The van der Waals surface area contributed by atoms with Gasteiger partial charge in [-0.1, -0.05) is 24.3 Å². The van der Waals surface area contributed by atoms with Crippen molar-refractivity contribution in [3.63, 3.8) is 0 Å². The third kappa shape index (κ3) is 4.09. The summed E-state index contributed by atoms with van der Waals surface area (Å²) in [6, 6.07) is 7.75. The normalized spacial score (nSPS) is 14.6. The van der Waals surface area contributed by atoms with E-state index >= 15 is 0 Å². The molecule has 0 aliphatic rings. The minimum absolute atomic E-state index is 0.0597. The summed E-state index contributed by atoms with van der Waals surface area (Å²) in [5.74, 6) is 0. The largest absolute Gasteiger partial charge is 0.387 e. The molecule has 17 heavy (non-hydrogen) atoms. The van der Waals surface area contributed by atoms with E-state index in [9.17, 15) is 5.11 Å².